The monoisotopic (exact) mass is 481 g/mol. The number of nitrogens with zero attached hydrogens (tertiary/aromatic N) is 1. The fourth-order valence-electron chi connectivity index (χ4n) is 1.75. The predicted molar refractivity (Wildman–Crippen MR) is 112 cm³/mol. The number of nitrogen functional groups attached to an aromatic ring is 1. The highest BCUT2D eigenvalue weighted by Gasteiger charge is 1.95. The van der Waals surface area contributed by atoms with Crippen LogP contribution >= 0.6 is 31.9 Å². The molecule has 0 aliphatic rings. The van der Waals surface area contributed by atoms with Crippen LogP contribution in [0.1, 0.15) is 5.56 Å². The second-order valence-corrected chi connectivity index (χ2v) is 6.63. The lowest BCUT2D eigenvalue weighted by atomic mass is 10.2. The first-order valence-corrected chi connectivity index (χ1v) is 8.68. The van der Waals surface area contributed by atoms with E-state index in [1.54, 1.807) is 12.3 Å². The van der Waals surface area contributed by atoms with Gasteiger partial charge in [-0.1, -0.05) is 44.5 Å². The number of primary amides is 2. The van der Waals surface area contributed by atoms with E-state index < -0.39 is 6.03 Å². The number of nitrogens with one attached hydrogen (secondary N) is 1. The number of hydrogen-bond acceptors (Lipinski definition) is 4. The standard InChI is InChI=1S/C8H5BrN2O.C8H8BrN.CH4N2O/c9-6-1-2-7-5(3-6)4-10-8(12)11-7;1-2-6-5-7(9)3-4-8(6)10;2-1(3)4/h1-4H,(H,10,11,12);2-5H,1,10H2;(H4,2,3,4). The van der Waals surface area contributed by atoms with Gasteiger partial charge in [0.05, 0.1) is 5.52 Å². The smallest absolute Gasteiger partial charge is 0.345 e. The average Bonchev–Trinajstić information content (AvgIpc) is 2.57. The first kappa shape index (κ1) is 21.4. The van der Waals surface area contributed by atoms with Crippen molar-refractivity contribution in [2.75, 3.05) is 5.73 Å². The number of aromatic amines is 1. The van der Waals surface area contributed by atoms with E-state index >= 15 is 0 Å². The maximum Gasteiger partial charge on any atom is 0.345 e. The minimum absolute atomic E-state index is 0.315. The third kappa shape index (κ3) is 7.49. The Morgan fingerprint density at radius 1 is 1.12 bits per heavy atom. The topological polar surface area (TPSA) is 141 Å². The molecule has 7 nitrogen and oxygen atoms in total. The zero-order valence-corrected chi connectivity index (χ0v) is 16.7. The van der Waals surface area contributed by atoms with Crippen molar-refractivity contribution in [2.24, 2.45) is 11.5 Å². The van der Waals surface area contributed by atoms with Gasteiger partial charge in [0.1, 0.15) is 0 Å². The van der Waals surface area contributed by atoms with Crippen LogP contribution < -0.4 is 22.9 Å². The van der Waals surface area contributed by atoms with Gasteiger partial charge in [-0.2, -0.15) is 0 Å². The molecule has 9 heteroatoms. The molecule has 0 bridgehead atoms. The van der Waals surface area contributed by atoms with Crippen molar-refractivity contribution in [1.29, 1.82) is 0 Å². The molecule has 3 aromatic rings. The SMILES string of the molecule is C=Cc1cc(Br)ccc1N.NC(N)=O.O=c1ncc2cc(Br)ccc2[nH]1. The Labute approximate surface area is 166 Å². The van der Waals surface area contributed by atoms with Crippen molar-refractivity contribution >= 4 is 60.6 Å². The first-order chi connectivity index (χ1) is 12.2. The Hall–Kier alpha value is -2.65. The fraction of sp³-hybridized carbons (Fsp3) is 0. The molecular weight excluding hydrogens is 466 g/mol. The average molecular weight is 483 g/mol. The van der Waals surface area contributed by atoms with Gasteiger partial charge in [0.2, 0.25) is 0 Å². The molecule has 0 aliphatic carbocycles. The highest BCUT2D eigenvalue weighted by molar-refractivity contribution is 9.10. The van der Waals surface area contributed by atoms with E-state index in [-0.39, 0.29) is 5.69 Å². The number of fused-ring (bicyclic) bond motifs is 1. The Morgan fingerprint density at radius 2 is 1.69 bits per heavy atom. The molecule has 7 N–H and O–H groups in total. The Morgan fingerprint density at radius 3 is 2.27 bits per heavy atom. The van der Waals surface area contributed by atoms with Gasteiger partial charge < -0.3 is 22.2 Å². The third-order valence-corrected chi connectivity index (χ3v) is 3.83. The van der Waals surface area contributed by atoms with Crippen LogP contribution in [0.25, 0.3) is 17.0 Å². The zero-order chi connectivity index (χ0) is 19.7. The molecular formula is C17H17Br2N5O2. The van der Waals surface area contributed by atoms with Gasteiger partial charge in [-0.15, -0.1) is 0 Å². The van der Waals surface area contributed by atoms with E-state index in [0.717, 1.165) is 31.1 Å². The molecule has 1 heterocycles. The van der Waals surface area contributed by atoms with E-state index in [1.165, 1.54) is 0 Å². The second kappa shape index (κ2) is 10.4. The minimum atomic E-state index is -0.833. The molecule has 0 saturated heterocycles. The van der Waals surface area contributed by atoms with E-state index in [2.05, 4.69) is 59.9 Å². The summed E-state index contributed by atoms with van der Waals surface area (Å²) < 4.78 is 2.00. The van der Waals surface area contributed by atoms with E-state index in [0.29, 0.717) is 0 Å². The van der Waals surface area contributed by atoms with Crippen LogP contribution in [0.3, 0.4) is 0 Å². The van der Waals surface area contributed by atoms with Crippen LogP contribution in [-0.2, 0) is 0 Å². The summed E-state index contributed by atoms with van der Waals surface area (Å²) in [6.07, 6.45) is 3.29. The molecule has 2 amide bonds. The number of rotatable bonds is 1. The molecule has 26 heavy (non-hydrogen) atoms. The summed E-state index contributed by atoms with van der Waals surface area (Å²) in [5.41, 5.74) is 16.3. The summed E-state index contributed by atoms with van der Waals surface area (Å²) in [5.74, 6) is 0. The van der Waals surface area contributed by atoms with Gasteiger partial charge in [-0.25, -0.2) is 14.6 Å². The molecule has 0 unspecified atom stereocenters. The van der Waals surface area contributed by atoms with Gasteiger partial charge in [0, 0.05) is 26.2 Å². The van der Waals surface area contributed by atoms with Crippen molar-refractivity contribution in [3.63, 3.8) is 0 Å². The number of aromatic nitrogens is 2. The summed E-state index contributed by atoms with van der Waals surface area (Å²) in [6.45, 7) is 3.63. The maximum absolute atomic E-state index is 10.8. The van der Waals surface area contributed by atoms with Crippen LogP contribution in [-0.4, -0.2) is 16.0 Å². The number of benzene rings is 2. The molecule has 0 fully saturated rings. The second-order valence-electron chi connectivity index (χ2n) is 4.80. The van der Waals surface area contributed by atoms with E-state index in [4.69, 9.17) is 10.5 Å². The Bertz CT molecular complexity index is 969. The summed E-state index contributed by atoms with van der Waals surface area (Å²) in [4.78, 5) is 26.0. The number of urea groups is 1. The van der Waals surface area contributed by atoms with Crippen molar-refractivity contribution < 1.29 is 4.79 Å². The molecule has 2 aromatic carbocycles. The van der Waals surface area contributed by atoms with Gasteiger partial charge in [-0.3, -0.25) is 0 Å². The van der Waals surface area contributed by atoms with Gasteiger partial charge in [0.15, 0.2) is 0 Å². The van der Waals surface area contributed by atoms with Crippen LogP contribution in [0.15, 0.2) is 62.9 Å². The van der Waals surface area contributed by atoms with Crippen LogP contribution in [0.2, 0.25) is 0 Å². The predicted octanol–water partition coefficient (Wildman–Crippen LogP) is 3.38. The molecule has 3 rings (SSSR count). The van der Waals surface area contributed by atoms with Gasteiger partial charge in [0.25, 0.3) is 0 Å². The van der Waals surface area contributed by atoms with Gasteiger partial charge in [-0.05, 0) is 42.0 Å². The third-order valence-electron chi connectivity index (χ3n) is 2.84. The number of hydrogen-bond donors (Lipinski definition) is 4. The normalized spacial score (nSPS) is 9.31. The summed E-state index contributed by atoms with van der Waals surface area (Å²) in [7, 11) is 0. The van der Waals surface area contributed by atoms with Crippen molar-refractivity contribution in [3.8, 4) is 0 Å². The van der Waals surface area contributed by atoms with E-state index in [9.17, 15) is 4.79 Å². The van der Waals surface area contributed by atoms with Crippen LogP contribution in [0.4, 0.5) is 10.5 Å². The molecule has 0 spiro atoms. The van der Waals surface area contributed by atoms with Crippen molar-refractivity contribution in [1.82, 2.24) is 9.97 Å². The molecule has 0 aliphatic heterocycles. The number of H-pyrrole nitrogens is 1. The summed E-state index contributed by atoms with van der Waals surface area (Å²) >= 11 is 6.66. The largest absolute Gasteiger partial charge is 0.398 e. The van der Waals surface area contributed by atoms with Crippen LogP contribution in [0, 0.1) is 0 Å². The Kier molecular flexibility index (Phi) is 8.53. The molecule has 1 aromatic heterocycles. The zero-order valence-electron chi connectivity index (χ0n) is 13.6. The Balaban J connectivity index is 0.000000220. The highest BCUT2D eigenvalue weighted by atomic mass is 79.9. The van der Waals surface area contributed by atoms with Gasteiger partial charge >= 0.3 is 11.7 Å². The van der Waals surface area contributed by atoms with Crippen molar-refractivity contribution in [3.05, 3.63) is 74.2 Å². The minimum Gasteiger partial charge on any atom is -0.398 e. The molecule has 0 atom stereocenters. The quantitative estimate of drug-likeness (QED) is 0.394. The molecule has 0 saturated carbocycles. The maximum atomic E-state index is 10.8. The number of nitrogens with two attached hydrogens (primary N) is 3. The number of carbonyl (C=O) groups excluding carboxylic acids is 1. The number of amides is 2. The lowest BCUT2D eigenvalue weighted by molar-refractivity contribution is 0.256. The lowest BCUT2D eigenvalue weighted by Gasteiger charge is -1.98. The highest BCUT2D eigenvalue weighted by Crippen LogP contribution is 2.18. The number of carbonyl (C=O) groups is 1. The molecule has 136 valence electrons. The fourth-order valence-corrected chi connectivity index (χ4v) is 2.51. The lowest BCUT2D eigenvalue weighted by Crippen LogP contribution is -2.18. The summed E-state index contributed by atoms with van der Waals surface area (Å²) in [6, 6.07) is 10.5. The number of anilines is 1. The molecule has 0 radical (unpaired) electrons. The van der Waals surface area contributed by atoms with E-state index in [1.807, 2.05) is 36.4 Å². The first-order valence-electron chi connectivity index (χ1n) is 7.10. The summed E-state index contributed by atoms with van der Waals surface area (Å²) in [5, 5.41) is 0.920. The van der Waals surface area contributed by atoms with Crippen molar-refractivity contribution in [2.45, 2.75) is 0 Å². The number of halogens is 2. The van der Waals surface area contributed by atoms with Crippen LogP contribution in [0.5, 0.6) is 0 Å².